The van der Waals surface area contributed by atoms with Crippen molar-refractivity contribution < 1.29 is 0 Å². The molecule has 118 valence electrons. The molecule has 3 N–H and O–H groups in total. The maximum absolute atomic E-state index is 9.63. The molecule has 0 bridgehead atoms. The number of nitriles is 1. The van der Waals surface area contributed by atoms with Crippen LogP contribution in [0.4, 0.5) is 5.95 Å². The summed E-state index contributed by atoms with van der Waals surface area (Å²) in [7, 11) is 0. The lowest BCUT2D eigenvalue weighted by Gasteiger charge is -2.26. The molecule has 1 aromatic heterocycles. The Hall–Kier alpha value is -2.68. The Morgan fingerprint density at radius 2 is 1.96 bits per heavy atom. The van der Waals surface area contributed by atoms with Crippen molar-refractivity contribution in [2.75, 3.05) is 5.32 Å². The van der Waals surface area contributed by atoms with Crippen LogP contribution in [0.2, 0.25) is 10.0 Å². The van der Waals surface area contributed by atoms with Gasteiger partial charge in [-0.2, -0.15) is 5.26 Å². The van der Waals surface area contributed by atoms with Gasteiger partial charge in [-0.05, 0) is 29.8 Å². The van der Waals surface area contributed by atoms with Crippen LogP contribution in [-0.2, 0) is 0 Å². The highest BCUT2D eigenvalue weighted by atomic mass is 35.5. The second-order valence-electron chi connectivity index (χ2n) is 5.42. The van der Waals surface area contributed by atoms with E-state index in [1.165, 1.54) is 0 Å². The Morgan fingerprint density at radius 3 is 2.71 bits per heavy atom. The minimum atomic E-state index is -0.436. The molecule has 1 aliphatic heterocycles. The van der Waals surface area contributed by atoms with Crippen LogP contribution in [0.25, 0.3) is 16.9 Å². The number of benzene rings is 2. The zero-order valence-corrected chi connectivity index (χ0v) is 13.8. The number of rotatable bonds is 1. The molecule has 1 aliphatic rings. The second kappa shape index (κ2) is 5.45. The lowest BCUT2D eigenvalue weighted by Crippen LogP contribution is -2.26. The predicted octanol–water partition coefficient (Wildman–Crippen LogP) is 4.16. The van der Waals surface area contributed by atoms with Crippen molar-refractivity contribution in [1.29, 1.82) is 5.26 Å². The Labute approximate surface area is 147 Å². The fourth-order valence-electron chi connectivity index (χ4n) is 2.90. The Morgan fingerprint density at radius 1 is 1.17 bits per heavy atom. The van der Waals surface area contributed by atoms with Gasteiger partial charge in [0.05, 0.1) is 32.7 Å². The molecule has 0 saturated heterocycles. The number of nitrogens with one attached hydrogen (secondary N) is 1. The molecule has 0 fully saturated rings. The SMILES string of the molecule is N#CC1=C(N)n2c(nc3ccccc32)NC1c1ccc(Cl)c(Cl)c1. The van der Waals surface area contributed by atoms with Crippen molar-refractivity contribution in [3.63, 3.8) is 0 Å². The molecule has 0 amide bonds. The minimum absolute atomic E-state index is 0.357. The Bertz CT molecular complexity index is 1040. The third kappa shape index (κ3) is 2.12. The number of hydrogen-bond donors (Lipinski definition) is 2. The number of anilines is 1. The average molecular weight is 356 g/mol. The predicted molar refractivity (Wildman–Crippen MR) is 95.6 cm³/mol. The lowest BCUT2D eigenvalue weighted by atomic mass is 9.98. The molecule has 1 atom stereocenters. The molecule has 4 rings (SSSR count). The van der Waals surface area contributed by atoms with Gasteiger partial charge in [0.2, 0.25) is 5.95 Å². The largest absolute Gasteiger partial charge is 0.384 e. The average Bonchev–Trinajstić information content (AvgIpc) is 2.96. The van der Waals surface area contributed by atoms with E-state index in [1.54, 1.807) is 16.7 Å². The molecule has 2 aromatic carbocycles. The van der Waals surface area contributed by atoms with Crippen LogP contribution in [0.5, 0.6) is 0 Å². The van der Waals surface area contributed by atoms with Gasteiger partial charge in [-0.3, -0.25) is 4.57 Å². The first-order valence-electron chi connectivity index (χ1n) is 7.19. The molecule has 0 aliphatic carbocycles. The second-order valence-corrected chi connectivity index (χ2v) is 6.24. The number of aromatic nitrogens is 2. The van der Waals surface area contributed by atoms with Crippen LogP contribution < -0.4 is 11.1 Å². The minimum Gasteiger partial charge on any atom is -0.384 e. The number of nitrogens with two attached hydrogens (primary N) is 1. The third-order valence-electron chi connectivity index (χ3n) is 4.04. The first-order valence-corrected chi connectivity index (χ1v) is 7.95. The number of fused-ring (bicyclic) bond motifs is 3. The number of nitrogens with zero attached hydrogens (tertiary/aromatic N) is 3. The van der Waals surface area contributed by atoms with E-state index >= 15 is 0 Å². The van der Waals surface area contributed by atoms with Crippen molar-refractivity contribution in [3.8, 4) is 6.07 Å². The first-order chi connectivity index (χ1) is 11.6. The van der Waals surface area contributed by atoms with E-state index in [0.29, 0.717) is 27.4 Å². The molecule has 2 heterocycles. The topological polar surface area (TPSA) is 79.7 Å². The van der Waals surface area contributed by atoms with Crippen LogP contribution in [-0.4, -0.2) is 9.55 Å². The molecule has 0 radical (unpaired) electrons. The van der Waals surface area contributed by atoms with Crippen LogP contribution in [0.3, 0.4) is 0 Å². The normalized spacial score (nSPS) is 16.6. The summed E-state index contributed by atoms with van der Waals surface area (Å²) < 4.78 is 1.75. The van der Waals surface area contributed by atoms with Crippen molar-refractivity contribution >= 4 is 46.0 Å². The Kier molecular flexibility index (Phi) is 3.38. The highest BCUT2D eigenvalue weighted by Gasteiger charge is 2.29. The zero-order chi connectivity index (χ0) is 16.8. The van der Waals surface area contributed by atoms with Crippen LogP contribution in [0, 0.1) is 11.3 Å². The van der Waals surface area contributed by atoms with E-state index in [0.717, 1.165) is 16.6 Å². The molecule has 0 spiro atoms. The quantitative estimate of drug-likeness (QED) is 0.686. The molecule has 3 aromatic rings. The van der Waals surface area contributed by atoms with Gasteiger partial charge < -0.3 is 11.1 Å². The summed E-state index contributed by atoms with van der Waals surface area (Å²) in [5, 5.41) is 13.8. The molecule has 1 unspecified atom stereocenters. The van der Waals surface area contributed by atoms with Crippen molar-refractivity contribution in [3.05, 3.63) is 63.6 Å². The Balaban J connectivity index is 1.92. The van der Waals surface area contributed by atoms with E-state index in [4.69, 9.17) is 28.9 Å². The van der Waals surface area contributed by atoms with E-state index in [-0.39, 0.29) is 0 Å². The summed E-state index contributed by atoms with van der Waals surface area (Å²) in [6.07, 6.45) is 0. The van der Waals surface area contributed by atoms with E-state index in [9.17, 15) is 5.26 Å². The maximum Gasteiger partial charge on any atom is 0.210 e. The monoisotopic (exact) mass is 355 g/mol. The van der Waals surface area contributed by atoms with Gasteiger partial charge >= 0.3 is 0 Å². The molecular formula is C17H11Cl2N5. The van der Waals surface area contributed by atoms with Crippen LogP contribution in [0.15, 0.2) is 48.0 Å². The van der Waals surface area contributed by atoms with E-state index in [2.05, 4.69) is 16.4 Å². The van der Waals surface area contributed by atoms with Crippen LogP contribution >= 0.6 is 23.2 Å². The summed E-state index contributed by atoms with van der Waals surface area (Å²) in [6.45, 7) is 0. The number of hydrogen-bond acceptors (Lipinski definition) is 4. The summed E-state index contributed by atoms with van der Waals surface area (Å²) in [6, 6.07) is 14.6. The van der Waals surface area contributed by atoms with Crippen molar-refractivity contribution in [1.82, 2.24) is 9.55 Å². The fraction of sp³-hybridized carbons (Fsp3) is 0.0588. The van der Waals surface area contributed by atoms with Gasteiger partial charge in [0, 0.05) is 0 Å². The maximum atomic E-state index is 9.63. The third-order valence-corrected chi connectivity index (χ3v) is 4.78. The van der Waals surface area contributed by atoms with Crippen molar-refractivity contribution in [2.45, 2.75) is 6.04 Å². The van der Waals surface area contributed by atoms with Gasteiger partial charge in [0.1, 0.15) is 11.9 Å². The standard InChI is InChI=1S/C17H11Cl2N5/c18-11-6-5-9(7-12(11)19)15-10(8-20)16(21)24-14-4-2-1-3-13(14)22-17(24)23-15/h1-7,15H,21H2,(H,22,23). The van der Waals surface area contributed by atoms with Crippen LogP contribution in [0.1, 0.15) is 11.6 Å². The van der Waals surface area contributed by atoms with Gasteiger partial charge in [0.15, 0.2) is 0 Å². The van der Waals surface area contributed by atoms with Gasteiger partial charge in [-0.1, -0.05) is 41.4 Å². The summed E-state index contributed by atoms with van der Waals surface area (Å²) in [5.74, 6) is 0.944. The first kappa shape index (κ1) is 14.9. The van der Waals surface area contributed by atoms with Gasteiger partial charge in [-0.25, -0.2) is 4.98 Å². The summed E-state index contributed by atoms with van der Waals surface area (Å²) in [4.78, 5) is 4.56. The molecular weight excluding hydrogens is 345 g/mol. The van der Waals surface area contributed by atoms with E-state index in [1.807, 2.05) is 30.3 Å². The van der Waals surface area contributed by atoms with Crippen molar-refractivity contribution in [2.24, 2.45) is 5.73 Å². The zero-order valence-electron chi connectivity index (χ0n) is 12.3. The fourth-order valence-corrected chi connectivity index (χ4v) is 3.21. The summed E-state index contributed by atoms with van der Waals surface area (Å²) in [5.41, 5.74) is 9.13. The molecule has 24 heavy (non-hydrogen) atoms. The number of halogens is 2. The molecule has 0 saturated carbocycles. The smallest absolute Gasteiger partial charge is 0.210 e. The number of para-hydroxylation sites is 2. The molecule has 7 heteroatoms. The van der Waals surface area contributed by atoms with Gasteiger partial charge in [-0.15, -0.1) is 0 Å². The highest BCUT2D eigenvalue weighted by molar-refractivity contribution is 6.42. The van der Waals surface area contributed by atoms with E-state index < -0.39 is 6.04 Å². The molecule has 5 nitrogen and oxygen atoms in total. The highest BCUT2D eigenvalue weighted by Crippen LogP contribution is 2.37. The number of imidazole rings is 1. The summed E-state index contributed by atoms with van der Waals surface area (Å²) >= 11 is 12.1. The lowest BCUT2D eigenvalue weighted by molar-refractivity contribution is 0.857. The van der Waals surface area contributed by atoms with Gasteiger partial charge in [0.25, 0.3) is 0 Å².